The summed E-state index contributed by atoms with van der Waals surface area (Å²) < 4.78 is 25.6. The fourth-order valence-electron chi connectivity index (χ4n) is 1.75. The molecule has 1 aliphatic heterocycles. The molecule has 2 rings (SSSR count). The molecule has 0 aliphatic carbocycles. The Bertz CT molecular complexity index is 286. The summed E-state index contributed by atoms with van der Waals surface area (Å²) in [6.45, 7) is 1.76. The van der Waals surface area contributed by atoms with E-state index in [0.717, 1.165) is 31.1 Å². The lowest BCUT2D eigenvalue weighted by molar-refractivity contribution is 0.575. The zero-order valence-corrected chi connectivity index (χ0v) is 7.19. The quantitative estimate of drug-likeness (QED) is 0.702. The SMILES string of the molecule is Fc1cc(F)cc([C@@H]2CCNC2)c1. The van der Waals surface area contributed by atoms with Crippen LogP contribution in [0.25, 0.3) is 0 Å². The van der Waals surface area contributed by atoms with Gasteiger partial charge in [-0.05, 0) is 36.6 Å². The summed E-state index contributed by atoms with van der Waals surface area (Å²) in [5, 5.41) is 3.16. The average molecular weight is 183 g/mol. The molecule has 13 heavy (non-hydrogen) atoms. The Hall–Kier alpha value is -0.960. The van der Waals surface area contributed by atoms with Gasteiger partial charge in [-0.15, -0.1) is 0 Å². The molecule has 0 radical (unpaired) electrons. The molecular weight excluding hydrogens is 172 g/mol. The van der Waals surface area contributed by atoms with Crippen LogP contribution in [0.3, 0.4) is 0 Å². The van der Waals surface area contributed by atoms with Crippen LogP contribution < -0.4 is 5.32 Å². The van der Waals surface area contributed by atoms with E-state index in [1.54, 1.807) is 0 Å². The van der Waals surface area contributed by atoms with Crippen LogP contribution in [0.15, 0.2) is 18.2 Å². The predicted octanol–water partition coefficient (Wildman–Crippen LogP) is 2.04. The van der Waals surface area contributed by atoms with Crippen LogP contribution in [-0.4, -0.2) is 13.1 Å². The molecule has 1 saturated heterocycles. The zero-order valence-electron chi connectivity index (χ0n) is 7.19. The van der Waals surface area contributed by atoms with Gasteiger partial charge in [-0.3, -0.25) is 0 Å². The summed E-state index contributed by atoms with van der Waals surface area (Å²) in [7, 11) is 0. The second-order valence-corrected chi connectivity index (χ2v) is 3.39. The van der Waals surface area contributed by atoms with Gasteiger partial charge in [0.25, 0.3) is 0 Å². The minimum atomic E-state index is -0.484. The van der Waals surface area contributed by atoms with Gasteiger partial charge in [0, 0.05) is 12.6 Å². The number of hydrogen-bond acceptors (Lipinski definition) is 1. The topological polar surface area (TPSA) is 12.0 Å². The van der Waals surface area contributed by atoms with Gasteiger partial charge in [-0.1, -0.05) is 0 Å². The van der Waals surface area contributed by atoms with Crippen molar-refractivity contribution in [1.29, 1.82) is 0 Å². The van der Waals surface area contributed by atoms with Crippen molar-refractivity contribution in [3.8, 4) is 0 Å². The molecule has 0 amide bonds. The van der Waals surface area contributed by atoms with Crippen LogP contribution in [0.4, 0.5) is 8.78 Å². The molecule has 0 bridgehead atoms. The maximum absolute atomic E-state index is 12.8. The van der Waals surface area contributed by atoms with E-state index in [9.17, 15) is 8.78 Å². The minimum Gasteiger partial charge on any atom is -0.316 e. The molecule has 0 spiro atoms. The molecular formula is C10H11F2N. The summed E-state index contributed by atoms with van der Waals surface area (Å²) in [5.74, 6) is -0.700. The second-order valence-electron chi connectivity index (χ2n) is 3.39. The van der Waals surface area contributed by atoms with Crippen LogP contribution >= 0.6 is 0 Å². The van der Waals surface area contributed by atoms with Crippen molar-refractivity contribution in [3.63, 3.8) is 0 Å². The standard InChI is InChI=1S/C10H11F2N/c11-9-3-8(4-10(12)5-9)7-1-2-13-6-7/h3-5,7,13H,1-2,6H2/t7-/m1/s1. The van der Waals surface area contributed by atoms with Crippen molar-refractivity contribution < 1.29 is 8.78 Å². The summed E-state index contributed by atoms with van der Waals surface area (Å²) >= 11 is 0. The smallest absolute Gasteiger partial charge is 0.126 e. The first-order valence-corrected chi connectivity index (χ1v) is 4.42. The molecule has 1 aliphatic rings. The molecule has 3 heteroatoms. The van der Waals surface area contributed by atoms with Crippen molar-refractivity contribution in [1.82, 2.24) is 5.32 Å². The Morgan fingerprint density at radius 2 is 1.85 bits per heavy atom. The Balaban J connectivity index is 2.28. The van der Waals surface area contributed by atoms with Crippen molar-refractivity contribution in [2.75, 3.05) is 13.1 Å². The molecule has 1 fully saturated rings. The lowest BCUT2D eigenvalue weighted by atomic mass is 9.98. The third-order valence-electron chi connectivity index (χ3n) is 2.42. The number of nitrogens with one attached hydrogen (secondary N) is 1. The van der Waals surface area contributed by atoms with Gasteiger partial charge < -0.3 is 5.32 Å². The highest BCUT2D eigenvalue weighted by atomic mass is 19.1. The van der Waals surface area contributed by atoms with Crippen molar-refractivity contribution in [2.45, 2.75) is 12.3 Å². The number of halogens is 2. The largest absolute Gasteiger partial charge is 0.316 e. The molecule has 70 valence electrons. The normalized spacial score (nSPS) is 22.2. The van der Waals surface area contributed by atoms with E-state index in [2.05, 4.69) is 5.32 Å². The number of hydrogen-bond donors (Lipinski definition) is 1. The fraction of sp³-hybridized carbons (Fsp3) is 0.400. The summed E-state index contributed by atoms with van der Waals surface area (Å²) in [6.07, 6.45) is 0.961. The highest BCUT2D eigenvalue weighted by Gasteiger charge is 2.17. The highest BCUT2D eigenvalue weighted by molar-refractivity contribution is 5.23. The van der Waals surface area contributed by atoms with Crippen LogP contribution in [0.2, 0.25) is 0 Å². The van der Waals surface area contributed by atoms with E-state index in [0.29, 0.717) is 0 Å². The first-order valence-electron chi connectivity index (χ1n) is 4.42. The molecule has 1 atom stereocenters. The Kier molecular flexibility index (Phi) is 2.27. The summed E-state index contributed by atoms with van der Waals surface area (Å²) in [4.78, 5) is 0. The Morgan fingerprint density at radius 1 is 1.15 bits per heavy atom. The van der Waals surface area contributed by atoms with Crippen LogP contribution in [-0.2, 0) is 0 Å². The van der Waals surface area contributed by atoms with Crippen molar-refractivity contribution in [3.05, 3.63) is 35.4 Å². The van der Waals surface area contributed by atoms with Gasteiger partial charge in [0.2, 0.25) is 0 Å². The summed E-state index contributed by atoms with van der Waals surface area (Å²) in [5.41, 5.74) is 0.766. The number of rotatable bonds is 1. The van der Waals surface area contributed by atoms with E-state index in [4.69, 9.17) is 0 Å². The molecule has 1 aromatic carbocycles. The zero-order chi connectivity index (χ0) is 9.26. The summed E-state index contributed by atoms with van der Waals surface area (Å²) in [6, 6.07) is 3.74. The minimum absolute atomic E-state index is 0.269. The Labute approximate surface area is 75.8 Å². The van der Waals surface area contributed by atoms with Crippen LogP contribution in [0, 0.1) is 11.6 Å². The fourth-order valence-corrected chi connectivity index (χ4v) is 1.75. The van der Waals surface area contributed by atoms with Crippen LogP contribution in [0.5, 0.6) is 0 Å². The molecule has 1 nitrogen and oxygen atoms in total. The van der Waals surface area contributed by atoms with Gasteiger partial charge in [0.1, 0.15) is 11.6 Å². The third-order valence-corrected chi connectivity index (χ3v) is 2.42. The highest BCUT2D eigenvalue weighted by Crippen LogP contribution is 2.23. The molecule has 1 N–H and O–H groups in total. The lowest BCUT2D eigenvalue weighted by Crippen LogP contribution is -2.08. The monoisotopic (exact) mass is 183 g/mol. The first-order chi connectivity index (χ1) is 6.25. The van der Waals surface area contributed by atoms with E-state index in [1.807, 2.05) is 0 Å². The van der Waals surface area contributed by atoms with E-state index in [-0.39, 0.29) is 5.92 Å². The molecule has 0 saturated carbocycles. The molecule has 0 unspecified atom stereocenters. The Morgan fingerprint density at radius 3 is 2.38 bits per heavy atom. The van der Waals surface area contributed by atoms with Crippen LogP contribution in [0.1, 0.15) is 17.9 Å². The van der Waals surface area contributed by atoms with E-state index >= 15 is 0 Å². The molecule has 0 aromatic heterocycles. The maximum atomic E-state index is 12.8. The van der Waals surface area contributed by atoms with E-state index in [1.165, 1.54) is 12.1 Å². The van der Waals surface area contributed by atoms with Crippen molar-refractivity contribution >= 4 is 0 Å². The van der Waals surface area contributed by atoms with Gasteiger partial charge in [0.15, 0.2) is 0 Å². The van der Waals surface area contributed by atoms with Gasteiger partial charge in [-0.2, -0.15) is 0 Å². The van der Waals surface area contributed by atoms with Gasteiger partial charge >= 0.3 is 0 Å². The predicted molar refractivity (Wildman–Crippen MR) is 46.6 cm³/mol. The maximum Gasteiger partial charge on any atom is 0.126 e. The van der Waals surface area contributed by atoms with Crippen molar-refractivity contribution in [2.24, 2.45) is 0 Å². The van der Waals surface area contributed by atoms with Gasteiger partial charge in [0.05, 0.1) is 0 Å². The average Bonchev–Trinajstić information content (AvgIpc) is 2.53. The molecule has 1 aromatic rings. The first kappa shape index (κ1) is 8.63. The third kappa shape index (κ3) is 1.86. The lowest BCUT2D eigenvalue weighted by Gasteiger charge is -2.08. The molecule has 1 heterocycles. The van der Waals surface area contributed by atoms with Gasteiger partial charge in [-0.25, -0.2) is 8.78 Å². The number of benzene rings is 1. The second kappa shape index (κ2) is 3.42. The van der Waals surface area contributed by atoms with E-state index < -0.39 is 11.6 Å².